The minimum atomic E-state index is 0.0106. The first-order chi connectivity index (χ1) is 14.6. The highest BCUT2D eigenvalue weighted by molar-refractivity contribution is 6.31. The van der Waals surface area contributed by atoms with Crippen LogP contribution in [0.2, 0.25) is 5.02 Å². The Hall–Kier alpha value is -1.80. The van der Waals surface area contributed by atoms with E-state index < -0.39 is 0 Å². The average Bonchev–Trinajstić information content (AvgIpc) is 2.75. The van der Waals surface area contributed by atoms with Crippen molar-refractivity contribution in [3.63, 3.8) is 0 Å². The first kappa shape index (κ1) is 24.5. The number of halogens is 1. The van der Waals surface area contributed by atoms with Crippen LogP contribution in [0.3, 0.4) is 0 Å². The largest absolute Gasteiger partial charge is 0.352 e. The van der Waals surface area contributed by atoms with Crippen LogP contribution in [0.1, 0.15) is 98.2 Å². The van der Waals surface area contributed by atoms with Crippen LogP contribution >= 0.6 is 11.6 Å². The molecule has 1 amide bonds. The fourth-order valence-electron chi connectivity index (χ4n) is 3.61. The first-order valence-corrected chi connectivity index (χ1v) is 12.0. The van der Waals surface area contributed by atoms with Crippen LogP contribution in [0.25, 0.3) is 0 Å². The van der Waals surface area contributed by atoms with Gasteiger partial charge in [0, 0.05) is 23.6 Å². The lowest BCUT2D eigenvalue weighted by Gasteiger charge is -2.09. The van der Waals surface area contributed by atoms with Gasteiger partial charge in [0.2, 0.25) is 0 Å². The Balaban J connectivity index is 1.61. The predicted octanol–water partition coefficient (Wildman–Crippen LogP) is 7.90. The number of unbranched alkanes of at least 4 members (excludes halogenated alkanes) is 9. The van der Waals surface area contributed by atoms with Crippen molar-refractivity contribution in [1.29, 1.82) is 0 Å². The zero-order valence-electron chi connectivity index (χ0n) is 18.7. The van der Waals surface area contributed by atoms with E-state index in [4.69, 9.17) is 11.6 Å². The fraction of sp³-hybridized carbons (Fsp3) is 0.481. The van der Waals surface area contributed by atoms with Crippen molar-refractivity contribution in [2.45, 2.75) is 78.1 Å². The number of hydrogen-bond donors (Lipinski definition) is 1. The highest BCUT2D eigenvalue weighted by Gasteiger charge is 2.07. The van der Waals surface area contributed by atoms with Gasteiger partial charge in [0.05, 0.1) is 0 Å². The highest BCUT2D eigenvalue weighted by atomic mass is 35.5. The van der Waals surface area contributed by atoms with Crippen LogP contribution in [0.5, 0.6) is 0 Å². The molecule has 0 aliphatic rings. The van der Waals surface area contributed by atoms with E-state index in [1.54, 1.807) is 0 Å². The van der Waals surface area contributed by atoms with E-state index in [9.17, 15) is 4.79 Å². The lowest BCUT2D eigenvalue weighted by Crippen LogP contribution is -2.24. The number of benzene rings is 2. The van der Waals surface area contributed by atoms with Gasteiger partial charge in [-0.3, -0.25) is 4.79 Å². The summed E-state index contributed by atoms with van der Waals surface area (Å²) in [6, 6.07) is 13.6. The maximum Gasteiger partial charge on any atom is 0.251 e. The lowest BCUT2D eigenvalue weighted by atomic mass is 9.99. The normalized spacial score (nSPS) is 10.9. The molecule has 0 unspecified atom stereocenters. The number of nitrogens with one attached hydrogen (secondary N) is 1. The number of amides is 1. The molecule has 0 atom stereocenters. The summed E-state index contributed by atoms with van der Waals surface area (Å²) in [5.74, 6) is 0.0106. The molecule has 30 heavy (non-hydrogen) atoms. The Kier molecular flexibility index (Phi) is 11.6. The third-order valence-electron chi connectivity index (χ3n) is 5.62. The summed E-state index contributed by atoms with van der Waals surface area (Å²) in [5, 5.41) is 3.81. The number of carbonyl (C=O) groups is 1. The smallest absolute Gasteiger partial charge is 0.251 e. The molecular formula is C27H37ClNO. The molecule has 0 bridgehead atoms. The molecule has 0 aliphatic heterocycles. The quantitative estimate of drug-likeness (QED) is 0.305. The fourth-order valence-corrected chi connectivity index (χ4v) is 3.79. The maximum atomic E-state index is 12.3. The minimum Gasteiger partial charge on any atom is -0.352 e. The maximum absolute atomic E-state index is 12.3. The van der Waals surface area contributed by atoms with Crippen molar-refractivity contribution in [2.24, 2.45) is 0 Å². The molecule has 0 fully saturated rings. The second kappa shape index (κ2) is 14.2. The molecule has 0 heterocycles. The third kappa shape index (κ3) is 8.92. The molecule has 0 saturated heterocycles. The summed E-state index contributed by atoms with van der Waals surface area (Å²) in [4.78, 5) is 12.3. The third-order valence-corrected chi connectivity index (χ3v) is 6.03. The molecule has 3 heteroatoms. The summed E-state index contributed by atoms with van der Waals surface area (Å²) in [5.41, 5.74) is 3.94. The molecule has 163 valence electrons. The van der Waals surface area contributed by atoms with E-state index in [1.807, 2.05) is 49.4 Å². The Morgan fingerprint density at radius 3 is 2.10 bits per heavy atom. The van der Waals surface area contributed by atoms with Gasteiger partial charge in [-0.25, -0.2) is 0 Å². The van der Waals surface area contributed by atoms with Gasteiger partial charge in [-0.2, -0.15) is 0 Å². The van der Waals surface area contributed by atoms with Crippen LogP contribution in [0.15, 0.2) is 42.5 Å². The van der Waals surface area contributed by atoms with E-state index in [2.05, 4.69) is 18.7 Å². The van der Waals surface area contributed by atoms with Crippen molar-refractivity contribution in [3.05, 3.63) is 76.2 Å². The topological polar surface area (TPSA) is 29.1 Å². The molecule has 1 radical (unpaired) electrons. The summed E-state index contributed by atoms with van der Waals surface area (Å²) in [6.07, 6.45) is 15.1. The van der Waals surface area contributed by atoms with Gasteiger partial charge < -0.3 is 5.32 Å². The first-order valence-electron chi connectivity index (χ1n) is 11.6. The van der Waals surface area contributed by atoms with E-state index in [-0.39, 0.29) is 5.91 Å². The van der Waals surface area contributed by atoms with Crippen LogP contribution in [0, 0.1) is 13.3 Å². The van der Waals surface area contributed by atoms with Crippen LogP contribution < -0.4 is 5.32 Å². The van der Waals surface area contributed by atoms with Crippen molar-refractivity contribution >= 4 is 17.5 Å². The zero-order chi connectivity index (χ0) is 21.6. The molecule has 0 spiro atoms. The highest BCUT2D eigenvalue weighted by Crippen LogP contribution is 2.22. The second-order valence-electron chi connectivity index (χ2n) is 8.16. The second-order valence-corrected chi connectivity index (χ2v) is 8.57. The van der Waals surface area contributed by atoms with E-state index in [1.165, 1.54) is 57.8 Å². The van der Waals surface area contributed by atoms with Gasteiger partial charge >= 0.3 is 0 Å². The molecule has 0 aliphatic carbocycles. The Morgan fingerprint density at radius 2 is 1.47 bits per heavy atom. The lowest BCUT2D eigenvalue weighted by molar-refractivity contribution is 0.0953. The summed E-state index contributed by atoms with van der Waals surface area (Å²) in [6.45, 7) is 5.03. The Bertz CT molecular complexity index is 754. The Morgan fingerprint density at radius 1 is 0.867 bits per heavy atom. The Labute approximate surface area is 188 Å². The molecule has 2 nitrogen and oxygen atoms in total. The molecule has 2 aromatic rings. The van der Waals surface area contributed by atoms with Crippen LogP contribution in [-0.2, 0) is 0 Å². The van der Waals surface area contributed by atoms with Gasteiger partial charge in [-0.05, 0) is 48.2 Å². The average molecular weight is 427 g/mol. The number of rotatable bonds is 14. The molecule has 2 aromatic carbocycles. The van der Waals surface area contributed by atoms with E-state index in [0.29, 0.717) is 5.56 Å². The summed E-state index contributed by atoms with van der Waals surface area (Å²) in [7, 11) is 0. The predicted molar refractivity (Wildman–Crippen MR) is 129 cm³/mol. The molecule has 0 saturated carbocycles. The van der Waals surface area contributed by atoms with Gasteiger partial charge in [0.15, 0.2) is 0 Å². The standard InChI is InChI=1S/C27H37ClNO/c1-3-4-5-6-7-8-9-10-11-12-20-29-27(30)24-18-16-23(17-19-24)21-25-14-13-15-26(28)22(25)2/h13-19,21H,3-12,20H2,1-2H3,(H,29,30). The number of hydrogen-bond acceptors (Lipinski definition) is 1. The van der Waals surface area contributed by atoms with Crippen LogP contribution in [-0.4, -0.2) is 12.5 Å². The van der Waals surface area contributed by atoms with Gasteiger partial charge in [-0.15, -0.1) is 0 Å². The van der Waals surface area contributed by atoms with Crippen molar-refractivity contribution < 1.29 is 4.79 Å². The SMILES string of the molecule is CCCCCCCCCCCCNC(=O)c1ccc([CH]c2cccc(Cl)c2C)cc1. The minimum absolute atomic E-state index is 0.0106. The summed E-state index contributed by atoms with van der Waals surface area (Å²) < 4.78 is 0. The van der Waals surface area contributed by atoms with E-state index in [0.717, 1.165) is 34.7 Å². The molecule has 1 N–H and O–H groups in total. The van der Waals surface area contributed by atoms with Gasteiger partial charge in [0.25, 0.3) is 5.91 Å². The number of carbonyl (C=O) groups excluding carboxylic acids is 1. The van der Waals surface area contributed by atoms with Gasteiger partial charge in [-0.1, -0.05) is 101 Å². The molecular weight excluding hydrogens is 390 g/mol. The van der Waals surface area contributed by atoms with Crippen molar-refractivity contribution in [1.82, 2.24) is 5.32 Å². The van der Waals surface area contributed by atoms with Crippen molar-refractivity contribution in [2.75, 3.05) is 6.54 Å². The van der Waals surface area contributed by atoms with Crippen molar-refractivity contribution in [3.8, 4) is 0 Å². The molecule has 2 rings (SSSR count). The van der Waals surface area contributed by atoms with Crippen LogP contribution in [0.4, 0.5) is 0 Å². The zero-order valence-corrected chi connectivity index (χ0v) is 19.4. The molecule has 0 aromatic heterocycles. The van der Waals surface area contributed by atoms with E-state index >= 15 is 0 Å². The monoisotopic (exact) mass is 426 g/mol. The summed E-state index contributed by atoms with van der Waals surface area (Å²) >= 11 is 6.19. The van der Waals surface area contributed by atoms with Gasteiger partial charge in [0.1, 0.15) is 0 Å².